The van der Waals surface area contributed by atoms with Crippen molar-refractivity contribution >= 4 is 22.4 Å². The first-order chi connectivity index (χ1) is 15.0. The molecule has 5 heteroatoms. The molecule has 0 aromatic heterocycles. The fourth-order valence-corrected chi connectivity index (χ4v) is 4.24. The minimum atomic E-state index is 0.205. The van der Waals surface area contributed by atoms with Crippen LogP contribution in [0.2, 0.25) is 0 Å². The Balaban J connectivity index is 1.30. The van der Waals surface area contributed by atoms with Gasteiger partial charge in [-0.1, -0.05) is 30.3 Å². The van der Waals surface area contributed by atoms with Gasteiger partial charge in [-0.3, -0.25) is 9.69 Å². The summed E-state index contributed by atoms with van der Waals surface area (Å²) in [4.78, 5) is 19.3. The Bertz CT molecular complexity index is 1060. The van der Waals surface area contributed by atoms with E-state index in [1.54, 1.807) is 7.11 Å². The fraction of sp³-hybridized carbons (Fsp3) is 0.346. The minimum Gasteiger partial charge on any atom is -0.497 e. The number of fused-ring (bicyclic) bond motifs is 1. The minimum absolute atomic E-state index is 0.205. The standard InChI is InChI=1S/C26H31N3O2/c1-20-5-4-6-24(15-20)28-11-13-29(14-12-28)26(30)19-27(2)18-21-7-8-23-17-25(31-3)10-9-22(23)16-21/h4-10,15-17H,11-14,18-19H2,1-3H3. The van der Waals surface area contributed by atoms with Crippen LogP contribution in [0.5, 0.6) is 5.75 Å². The van der Waals surface area contributed by atoms with Gasteiger partial charge in [0.25, 0.3) is 0 Å². The van der Waals surface area contributed by atoms with Crippen molar-refractivity contribution in [1.29, 1.82) is 0 Å². The Kier molecular flexibility index (Phi) is 6.42. The average molecular weight is 418 g/mol. The van der Waals surface area contributed by atoms with E-state index in [0.29, 0.717) is 6.54 Å². The molecule has 1 amide bonds. The number of benzene rings is 3. The maximum Gasteiger partial charge on any atom is 0.236 e. The number of likely N-dealkylation sites (N-methyl/N-ethyl adjacent to an activating group) is 1. The van der Waals surface area contributed by atoms with E-state index < -0.39 is 0 Å². The van der Waals surface area contributed by atoms with E-state index >= 15 is 0 Å². The first kappa shape index (κ1) is 21.2. The predicted molar refractivity (Wildman–Crippen MR) is 127 cm³/mol. The third-order valence-electron chi connectivity index (χ3n) is 5.97. The molecule has 3 aromatic carbocycles. The number of anilines is 1. The van der Waals surface area contributed by atoms with Crippen LogP contribution in [-0.4, -0.2) is 62.6 Å². The molecule has 5 nitrogen and oxygen atoms in total. The molecule has 0 saturated carbocycles. The summed E-state index contributed by atoms with van der Waals surface area (Å²) in [5.41, 5.74) is 3.72. The highest BCUT2D eigenvalue weighted by Crippen LogP contribution is 2.22. The van der Waals surface area contributed by atoms with Gasteiger partial charge in [0, 0.05) is 38.4 Å². The molecule has 3 aromatic rings. The molecule has 0 N–H and O–H groups in total. The summed E-state index contributed by atoms with van der Waals surface area (Å²) in [6, 6.07) is 21.1. The second-order valence-corrected chi connectivity index (χ2v) is 8.43. The molecule has 0 unspecified atom stereocenters. The topological polar surface area (TPSA) is 36.0 Å². The van der Waals surface area contributed by atoms with E-state index in [4.69, 9.17) is 4.74 Å². The smallest absolute Gasteiger partial charge is 0.236 e. The Morgan fingerprint density at radius 1 is 0.968 bits per heavy atom. The van der Waals surface area contributed by atoms with Crippen LogP contribution in [0.25, 0.3) is 10.8 Å². The number of carbonyl (C=O) groups is 1. The summed E-state index contributed by atoms with van der Waals surface area (Å²) >= 11 is 0. The zero-order valence-electron chi connectivity index (χ0n) is 18.7. The average Bonchev–Trinajstić information content (AvgIpc) is 2.78. The highest BCUT2D eigenvalue weighted by atomic mass is 16.5. The summed E-state index contributed by atoms with van der Waals surface area (Å²) < 4.78 is 5.30. The summed E-state index contributed by atoms with van der Waals surface area (Å²) in [5, 5.41) is 2.35. The SMILES string of the molecule is COc1ccc2cc(CN(C)CC(=O)N3CCN(c4cccc(C)c4)CC3)ccc2c1. The molecule has 1 fully saturated rings. The zero-order chi connectivity index (χ0) is 21.8. The second-order valence-electron chi connectivity index (χ2n) is 8.43. The summed E-state index contributed by atoms with van der Waals surface area (Å²) in [7, 11) is 3.70. The lowest BCUT2D eigenvalue weighted by molar-refractivity contribution is -0.132. The van der Waals surface area contributed by atoms with Gasteiger partial charge in [-0.2, -0.15) is 0 Å². The summed E-state index contributed by atoms with van der Waals surface area (Å²) in [6.45, 7) is 6.62. The Labute approximate surface area is 184 Å². The molecular weight excluding hydrogens is 386 g/mol. The number of hydrogen-bond acceptors (Lipinski definition) is 4. The third kappa shape index (κ3) is 5.17. The Morgan fingerprint density at radius 2 is 1.71 bits per heavy atom. The fourth-order valence-electron chi connectivity index (χ4n) is 4.24. The molecule has 31 heavy (non-hydrogen) atoms. The van der Waals surface area contributed by atoms with Gasteiger partial charge >= 0.3 is 0 Å². The molecule has 0 aliphatic carbocycles. The van der Waals surface area contributed by atoms with Crippen molar-refractivity contribution in [3.05, 3.63) is 71.8 Å². The van der Waals surface area contributed by atoms with Crippen LogP contribution in [0.3, 0.4) is 0 Å². The van der Waals surface area contributed by atoms with Crippen LogP contribution >= 0.6 is 0 Å². The van der Waals surface area contributed by atoms with Gasteiger partial charge in [-0.25, -0.2) is 0 Å². The molecule has 0 atom stereocenters. The summed E-state index contributed by atoms with van der Waals surface area (Å²) in [5.74, 6) is 1.07. The van der Waals surface area contributed by atoms with Crippen molar-refractivity contribution in [2.24, 2.45) is 0 Å². The molecule has 1 heterocycles. The van der Waals surface area contributed by atoms with Crippen molar-refractivity contribution in [3.8, 4) is 5.75 Å². The predicted octanol–water partition coefficient (Wildman–Crippen LogP) is 3.94. The Morgan fingerprint density at radius 3 is 2.45 bits per heavy atom. The van der Waals surface area contributed by atoms with Crippen molar-refractivity contribution < 1.29 is 9.53 Å². The molecule has 1 aliphatic rings. The van der Waals surface area contributed by atoms with Crippen LogP contribution < -0.4 is 9.64 Å². The quantitative estimate of drug-likeness (QED) is 0.609. The van der Waals surface area contributed by atoms with Gasteiger partial charge in [0.2, 0.25) is 5.91 Å². The molecule has 0 spiro atoms. The van der Waals surface area contributed by atoms with Crippen LogP contribution in [0.15, 0.2) is 60.7 Å². The van der Waals surface area contributed by atoms with Crippen molar-refractivity contribution in [3.63, 3.8) is 0 Å². The molecular formula is C26H31N3O2. The van der Waals surface area contributed by atoms with E-state index in [9.17, 15) is 4.79 Å². The molecule has 1 saturated heterocycles. The third-order valence-corrected chi connectivity index (χ3v) is 5.97. The van der Waals surface area contributed by atoms with Gasteiger partial charge in [0.1, 0.15) is 5.75 Å². The molecule has 162 valence electrons. The number of piperazine rings is 1. The lowest BCUT2D eigenvalue weighted by Crippen LogP contribution is -2.51. The lowest BCUT2D eigenvalue weighted by Gasteiger charge is -2.37. The monoisotopic (exact) mass is 417 g/mol. The largest absolute Gasteiger partial charge is 0.497 e. The van der Waals surface area contributed by atoms with E-state index in [-0.39, 0.29) is 5.91 Å². The van der Waals surface area contributed by atoms with E-state index in [2.05, 4.69) is 65.3 Å². The van der Waals surface area contributed by atoms with Gasteiger partial charge in [0.15, 0.2) is 0 Å². The van der Waals surface area contributed by atoms with Crippen molar-refractivity contribution in [2.45, 2.75) is 13.5 Å². The number of carbonyl (C=O) groups excluding carboxylic acids is 1. The van der Waals surface area contributed by atoms with Crippen LogP contribution in [0.4, 0.5) is 5.69 Å². The first-order valence-corrected chi connectivity index (χ1v) is 10.9. The Hall–Kier alpha value is -3.05. The number of hydrogen-bond donors (Lipinski definition) is 0. The van der Waals surface area contributed by atoms with Crippen LogP contribution in [0, 0.1) is 6.92 Å². The van der Waals surface area contributed by atoms with Gasteiger partial charge in [-0.15, -0.1) is 0 Å². The number of nitrogens with zero attached hydrogens (tertiary/aromatic N) is 3. The van der Waals surface area contributed by atoms with Crippen LogP contribution in [-0.2, 0) is 11.3 Å². The first-order valence-electron chi connectivity index (χ1n) is 10.9. The lowest BCUT2D eigenvalue weighted by atomic mass is 10.1. The maximum absolute atomic E-state index is 12.8. The maximum atomic E-state index is 12.8. The highest BCUT2D eigenvalue weighted by Gasteiger charge is 2.22. The molecule has 0 bridgehead atoms. The second kappa shape index (κ2) is 9.40. The zero-order valence-corrected chi connectivity index (χ0v) is 18.7. The van der Waals surface area contributed by atoms with Crippen LogP contribution in [0.1, 0.15) is 11.1 Å². The van der Waals surface area contributed by atoms with Gasteiger partial charge in [-0.05, 0) is 66.2 Å². The van der Waals surface area contributed by atoms with E-state index in [1.807, 2.05) is 24.1 Å². The van der Waals surface area contributed by atoms with E-state index in [0.717, 1.165) is 43.9 Å². The van der Waals surface area contributed by atoms with Gasteiger partial charge < -0.3 is 14.5 Å². The number of amides is 1. The number of aryl methyl sites for hydroxylation is 1. The number of rotatable bonds is 6. The molecule has 4 rings (SSSR count). The normalized spacial score (nSPS) is 14.3. The molecule has 0 radical (unpaired) electrons. The van der Waals surface area contributed by atoms with Gasteiger partial charge in [0.05, 0.1) is 13.7 Å². The van der Waals surface area contributed by atoms with Crippen molar-refractivity contribution in [2.75, 3.05) is 51.8 Å². The molecule has 1 aliphatic heterocycles. The number of methoxy groups -OCH3 is 1. The summed E-state index contributed by atoms with van der Waals surface area (Å²) in [6.07, 6.45) is 0. The number of ether oxygens (including phenoxy) is 1. The van der Waals surface area contributed by atoms with Crippen molar-refractivity contribution in [1.82, 2.24) is 9.80 Å². The highest BCUT2D eigenvalue weighted by molar-refractivity contribution is 5.84. The van der Waals surface area contributed by atoms with E-state index in [1.165, 1.54) is 22.2 Å².